The standard InChI is InChI=1S/C31H35ClN6O4/c1-19(2)38-18-22(10-14-28(38)39)21-9-13-25(32)23(15-21)16-26(35-30(41)42-31(3,4)5)29(40)34-24-11-7-20(8-12-24)27-17-33-37(6)36-27/h7-15,17-19,26H,16H2,1-6H3,(H,34,40)(H,35,41). The minimum absolute atomic E-state index is 0.00925. The predicted octanol–water partition coefficient (Wildman–Crippen LogP) is 5.62. The van der Waals surface area contributed by atoms with Gasteiger partial charge in [-0.05, 0) is 81.6 Å². The van der Waals surface area contributed by atoms with Gasteiger partial charge >= 0.3 is 6.09 Å². The second-order valence-electron chi connectivity index (χ2n) is 11.3. The third-order valence-corrected chi connectivity index (χ3v) is 6.72. The summed E-state index contributed by atoms with van der Waals surface area (Å²) in [6, 6.07) is 14.9. The van der Waals surface area contributed by atoms with Gasteiger partial charge in [0.05, 0.1) is 6.20 Å². The molecule has 1 unspecified atom stereocenters. The number of aryl methyl sites for hydroxylation is 1. The van der Waals surface area contributed by atoms with Crippen molar-refractivity contribution in [3.63, 3.8) is 0 Å². The number of halogens is 1. The molecule has 0 saturated carbocycles. The molecule has 0 radical (unpaired) electrons. The van der Waals surface area contributed by atoms with Gasteiger partial charge in [0, 0.05) is 48.0 Å². The number of nitrogens with zero attached hydrogens (tertiary/aromatic N) is 4. The van der Waals surface area contributed by atoms with Crippen molar-refractivity contribution in [2.24, 2.45) is 7.05 Å². The van der Waals surface area contributed by atoms with Crippen LogP contribution in [0.3, 0.4) is 0 Å². The van der Waals surface area contributed by atoms with Crippen LogP contribution in [-0.4, -0.2) is 43.2 Å². The van der Waals surface area contributed by atoms with Crippen molar-refractivity contribution in [1.82, 2.24) is 24.9 Å². The Balaban J connectivity index is 1.60. The number of anilines is 1. The van der Waals surface area contributed by atoms with Crippen molar-refractivity contribution >= 4 is 29.3 Å². The van der Waals surface area contributed by atoms with Gasteiger partial charge in [0.15, 0.2) is 0 Å². The zero-order chi connectivity index (χ0) is 30.6. The van der Waals surface area contributed by atoms with E-state index in [0.29, 0.717) is 22.0 Å². The van der Waals surface area contributed by atoms with E-state index in [1.807, 2.05) is 38.1 Å². The molecule has 4 aromatic rings. The molecule has 1 atom stereocenters. The molecule has 0 saturated heterocycles. The molecule has 2 amide bonds. The van der Waals surface area contributed by atoms with E-state index in [-0.39, 0.29) is 18.0 Å². The normalized spacial score (nSPS) is 12.2. The molecule has 0 fully saturated rings. The van der Waals surface area contributed by atoms with E-state index in [1.54, 1.807) is 69.0 Å². The number of pyridine rings is 1. The number of ether oxygens (including phenoxy) is 1. The quantitative estimate of drug-likeness (QED) is 0.275. The maximum absolute atomic E-state index is 13.5. The first kappa shape index (κ1) is 30.5. The zero-order valence-corrected chi connectivity index (χ0v) is 25.3. The van der Waals surface area contributed by atoms with E-state index in [1.165, 1.54) is 10.9 Å². The van der Waals surface area contributed by atoms with Crippen molar-refractivity contribution in [2.75, 3.05) is 5.32 Å². The van der Waals surface area contributed by atoms with E-state index >= 15 is 0 Å². The smallest absolute Gasteiger partial charge is 0.408 e. The Labute approximate surface area is 249 Å². The van der Waals surface area contributed by atoms with Gasteiger partial charge in [-0.3, -0.25) is 9.59 Å². The Morgan fingerprint density at radius 3 is 2.29 bits per heavy atom. The summed E-state index contributed by atoms with van der Waals surface area (Å²) in [7, 11) is 1.74. The van der Waals surface area contributed by atoms with E-state index in [2.05, 4.69) is 20.8 Å². The summed E-state index contributed by atoms with van der Waals surface area (Å²) in [6.45, 7) is 9.12. The first-order valence-corrected chi connectivity index (χ1v) is 13.9. The number of rotatable bonds is 8. The second-order valence-corrected chi connectivity index (χ2v) is 11.7. The highest BCUT2D eigenvalue weighted by Crippen LogP contribution is 2.27. The number of amides is 2. The molecular formula is C31H35ClN6O4. The first-order valence-electron chi connectivity index (χ1n) is 13.6. The van der Waals surface area contributed by atoms with Gasteiger partial charge < -0.3 is 19.9 Å². The lowest BCUT2D eigenvalue weighted by molar-refractivity contribution is -0.118. The number of alkyl carbamates (subject to hydrolysis) is 1. The Morgan fingerprint density at radius 1 is 1.00 bits per heavy atom. The first-order chi connectivity index (χ1) is 19.8. The number of hydrogen-bond donors (Lipinski definition) is 2. The lowest BCUT2D eigenvalue weighted by Gasteiger charge is -2.24. The van der Waals surface area contributed by atoms with Gasteiger partial charge in [0.1, 0.15) is 17.3 Å². The molecular weight excluding hydrogens is 556 g/mol. The summed E-state index contributed by atoms with van der Waals surface area (Å²) in [6.07, 6.45) is 2.83. The van der Waals surface area contributed by atoms with Crippen molar-refractivity contribution in [1.29, 1.82) is 0 Å². The fraction of sp³-hybridized carbons (Fsp3) is 0.323. The number of carbonyl (C=O) groups is 2. The van der Waals surface area contributed by atoms with Gasteiger partial charge in [-0.25, -0.2) is 4.79 Å². The summed E-state index contributed by atoms with van der Waals surface area (Å²) in [5, 5.41) is 14.4. The molecule has 0 spiro atoms. The molecule has 11 heteroatoms. The summed E-state index contributed by atoms with van der Waals surface area (Å²) in [5.41, 5.74) is 3.54. The molecule has 2 aromatic carbocycles. The largest absolute Gasteiger partial charge is 0.444 e. The number of benzene rings is 2. The van der Waals surface area contributed by atoms with Crippen LogP contribution in [0.25, 0.3) is 22.4 Å². The average molecular weight is 591 g/mol. The van der Waals surface area contributed by atoms with E-state index < -0.39 is 23.6 Å². The van der Waals surface area contributed by atoms with Gasteiger partial charge in [-0.15, -0.1) is 0 Å². The molecule has 0 aliphatic rings. The fourth-order valence-electron chi connectivity index (χ4n) is 4.30. The highest BCUT2D eigenvalue weighted by atomic mass is 35.5. The maximum atomic E-state index is 13.5. The lowest BCUT2D eigenvalue weighted by Crippen LogP contribution is -2.47. The third kappa shape index (κ3) is 7.85. The second kappa shape index (κ2) is 12.6. The summed E-state index contributed by atoms with van der Waals surface area (Å²) in [5.74, 6) is -0.442. The average Bonchev–Trinajstić information content (AvgIpc) is 3.35. The van der Waals surface area contributed by atoms with Crippen molar-refractivity contribution < 1.29 is 14.3 Å². The predicted molar refractivity (Wildman–Crippen MR) is 163 cm³/mol. The Hall–Kier alpha value is -4.44. The van der Waals surface area contributed by atoms with Crippen molar-refractivity contribution in [3.05, 3.63) is 87.9 Å². The van der Waals surface area contributed by atoms with Crippen LogP contribution in [0.1, 0.15) is 46.2 Å². The zero-order valence-electron chi connectivity index (χ0n) is 24.5. The summed E-state index contributed by atoms with van der Waals surface area (Å²) < 4.78 is 7.09. The number of nitrogens with one attached hydrogen (secondary N) is 2. The molecule has 0 aliphatic heterocycles. The van der Waals surface area contributed by atoms with Crippen molar-refractivity contribution in [3.8, 4) is 22.4 Å². The van der Waals surface area contributed by atoms with Gasteiger partial charge in [0.2, 0.25) is 5.91 Å². The minimum atomic E-state index is -1.00. The maximum Gasteiger partial charge on any atom is 0.408 e. The molecule has 220 valence electrons. The highest BCUT2D eigenvalue weighted by Gasteiger charge is 2.26. The minimum Gasteiger partial charge on any atom is -0.444 e. The summed E-state index contributed by atoms with van der Waals surface area (Å²) in [4.78, 5) is 40.0. The van der Waals surface area contributed by atoms with Gasteiger partial charge in [0.25, 0.3) is 5.56 Å². The molecule has 42 heavy (non-hydrogen) atoms. The molecule has 0 aliphatic carbocycles. The lowest BCUT2D eigenvalue weighted by atomic mass is 9.99. The molecule has 2 aromatic heterocycles. The van der Waals surface area contributed by atoms with E-state index in [4.69, 9.17) is 16.3 Å². The number of carbonyl (C=O) groups excluding carboxylic acids is 2. The van der Waals surface area contributed by atoms with E-state index in [0.717, 1.165) is 16.7 Å². The van der Waals surface area contributed by atoms with Crippen LogP contribution in [0.2, 0.25) is 5.02 Å². The van der Waals surface area contributed by atoms with Crippen LogP contribution in [0.4, 0.5) is 10.5 Å². The highest BCUT2D eigenvalue weighted by molar-refractivity contribution is 6.31. The monoisotopic (exact) mass is 590 g/mol. The fourth-order valence-corrected chi connectivity index (χ4v) is 4.49. The Morgan fingerprint density at radius 2 is 1.67 bits per heavy atom. The Bertz CT molecular complexity index is 1640. The van der Waals surface area contributed by atoms with Crippen LogP contribution in [0.5, 0.6) is 0 Å². The molecule has 2 N–H and O–H groups in total. The van der Waals surface area contributed by atoms with Crippen LogP contribution in [0.15, 0.2) is 71.8 Å². The third-order valence-electron chi connectivity index (χ3n) is 6.35. The number of hydrogen-bond acceptors (Lipinski definition) is 6. The van der Waals surface area contributed by atoms with Crippen LogP contribution < -0.4 is 16.2 Å². The number of aromatic nitrogens is 4. The topological polar surface area (TPSA) is 120 Å². The summed E-state index contributed by atoms with van der Waals surface area (Å²) >= 11 is 6.58. The molecule has 4 rings (SSSR count). The van der Waals surface area contributed by atoms with Crippen LogP contribution in [-0.2, 0) is 23.0 Å². The molecule has 10 nitrogen and oxygen atoms in total. The van der Waals surface area contributed by atoms with E-state index in [9.17, 15) is 14.4 Å². The molecule has 0 bridgehead atoms. The SMILES string of the molecule is CC(C)n1cc(-c2ccc(Cl)c(CC(NC(=O)OC(C)(C)C)C(=O)Nc3ccc(-c4cnn(C)n4)cc3)c2)ccc1=O. The van der Waals surface area contributed by atoms with Crippen LogP contribution >= 0.6 is 11.6 Å². The van der Waals surface area contributed by atoms with Crippen molar-refractivity contribution in [2.45, 2.75) is 58.7 Å². The Kier molecular flexibility index (Phi) is 9.16. The van der Waals surface area contributed by atoms with Gasteiger partial charge in [-0.1, -0.05) is 29.8 Å². The van der Waals surface area contributed by atoms with Crippen LogP contribution in [0, 0.1) is 0 Å². The van der Waals surface area contributed by atoms with Gasteiger partial charge in [-0.2, -0.15) is 15.0 Å². The molecule has 2 heterocycles.